The highest BCUT2D eigenvalue weighted by molar-refractivity contribution is 5.94. The van der Waals surface area contributed by atoms with Crippen molar-refractivity contribution in [2.24, 2.45) is 5.73 Å². The van der Waals surface area contributed by atoms with Gasteiger partial charge in [-0.1, -0.05) is 67.1 Å². The lowest BCUT2D eigenvalue weighted by molar-refractivity contribution is -0.192. The molecule has 0 bridgehead atoms. The molecule has 1 aliphatic rings. The molecule has 4 rings (SSSR count). The molecule has 0 fully saturated rings. The number of aliphatic carboxylic acids is 1. The summed E-state index contributed by atoms with van der Waals surface area (Å²) >= 11 is 0. The van der Waals surface area contributed by atoms with Gasteiger partial charge in [0.2, 0.25) is 11.8 Å². The van der Waals surface area contributed by atoms with Crippen LogP contribution in [0.4, 0.5) is 23.7 Å². The Balaban J connectivity index is 0.000000707. The number of nitrogens with one attached hydrogen (secondary N) is 3. The molecule has 0 aromatic heterocycles. The molecule has 0 unspecified atom stereocenters. The predicted molar refractivity (Wildman–Crippen MR) is 161 cm³/mol. The van der Waals surface area contributed by atoms with Crippen molar-refractivity contribution in [2.45, 2.75) is 44.3 Å². The minimum atomic E-state index is -5.08. The number of unbranched alkanes of at least 4 members (excludes halogenated alkanes) is 2. The average Bonchev–Trinajstić information content (AvgIpc) is 3.34. The molecular weight excluding hydrogens is 593 g/mol. The Hall–Kier alpha value is -4.91. The van der Waals surface area contributed by atoms with Crippen molar-refractivity contribution in [3.63, 3.8) is 0 Å². The quantitative estimate of drug-likeness (QED) is 0.178. The minimum Gasteiger partial charge on any atom is -0.475 e. The van der Waals surface area contributed by atoms with Crippen molar-refractivity contribution in [3.05, 3.63) is 89.5 Å². The van der Waals surface area contributed by atoms with Crippen molar-refractivity contribution in [1.29, 1.82) is 0 Å². The molecule has 45 heavy (non-hydrogen) atoms. The summed E-state index contributed by atoms with van der Waals surface area (Å²) in [6.45, 7) is 1.12. The van der Waals surface area contributed by atoms with E-state index in [9.17, 15) is 27.6 Å². The number of alkyl halides is 3. The third kappa shape index (κ3) is 10.9. The van der Waals surface area contributed by atoms with Gasteiger partial charge in [-0.15, -0.1) is 0 Å². The lowest BCUT2D eigenvalue weighted by Gasteiger charge is -2.14. The normalized spacial score (nSPS) is 11.7. The van der Waals surface area contributed by atoms with E-state index in [1.807, 2.05) is 36.4 Å². The fraction of sp³-hybridized carbons (Fsp3) is 0.312. The Labute approximate surface area is 258 Å². The molecule has 0 radical (unpaired) electrons. The first-order chi connectivity index (χ1) is 21.5. The highest BCUT2D eigenvalue weighted by atomic mass is 19.4. The molecular formula is C32H35F3N4O6. The van der Waals surface area contributed by atoms with E-state index in [-0.39, 0.29) is 30.9 Å². The van der Waals surface area contributed by atoms with Gasteiger partial charge in [0, 0.05) is 31.1 Å². The van der Waals surface area contributed by atoms with Crippen LogP contribution >= 0.6 is 0 Å². The number of halogens is 3. The predicted octanol–water partition coefficient (Wildman–Crippen LogP) is 4.93. The van der Waals surface area contributed by atoms with Crippen LogP contribution in [0.25, 0.3) is 11.1 Å². The first-order valence-electron chi connectivity index (χ1n) is 14.2. The van der Waals surface area contributed by atoms with Crippen LogP contribution < -0.4 is 21.7 Å². The standard InChI is InChI=1S/C30H34N4O4.C2HF3O2/c31-18-21-13-15-22(16-14-21)34-29(36)19-33-28(35)12-2-1-7-17-32-30(37)38-20-27-25-10-5-3-8-23(25)24-9-4-6-11-26(24)27;3-2(4,5)1(6)7/h3-6,8-11,13-16,27H,1-2,7,12,17-20,31H2,(H,32,37)(H,33,35)(H,34,36);(H,6,7). The third-order valence-corrected chi connectivity index (χ3v) is 6.86. The molecule has 0 saturated carbocycles. The number of carboxylic acids is 1. The van der Waals surface area contributed by atoms with Gasteiger partial charge in [0.05, 0.1) is 6.54 Å². The van der Waals surface area contributed by atoms with Crippen molar-refractivity contribution in [3.8, 4) is 11.1 Å². The smallest absolute Gasteiger partial charge is 0.475 e. The zero-order valence-electron chi connectivity index (χ0n) is 24.4. The number of ether oxygens (including phenoxy) is 1. The number of carbonyl (C=O) groups is 4. The van der Waals surface area contributed by atoms with Gasteiger partial charge in [-0.25, -0.2) is 9.59 Å². The number of alkyl carbamates (subject to hydrolysis) is 1. The molecule has 240 valence electrons. The molecule has 3 aromatic rings. The summed E-state index contributed by atoms with van der Waals surface area (Å²) in [5.74, 6) is -3.19. The zero-order valence-corrected chi connectivity index (χ0v) is 24.4. The molecule has 0 aliphatic heterocycles. The molecule has 0 saturated heterocycles. The van der Waals surface area contributed by atoms with Crippen LogP contribution in [0, 0.1) is 0 Å². The van der Waals surface area contributed by atoms with Crippen LogP contribution in [0.5, 0.6) is 0 Å². The number of anilines is 1. The number of carbonyl (C=O) groups excluding carboxylic acids is 3. The van der Waals surface area contributed by atoms with Gasteiger partial charge in [-0.3, -0.25) is 9.59 Å². The van der Waals surface area contributed by atoms with Crippen LogP contribution in [0.3, 0.4) is 0 Å². The van der Waals surface area contributed by atoms with Gasteiger partial charge in [0.15, 0.2) is 0 Å². The highest BCUT2D eigenvalue weighted by Gasteiger charge is 2.38. The Kier molecular flexibility index (Phi) is 12.9. The molecule has 10 nitrogen and oxygen atoms in total. The summed E-state index contributed by atoms with van der Waals surface area (Å²) in [6, 6.07) is 23.7. The van der Waals surface area contributed by atoms with Crippen molar-refractivity contribution < 1.29 is 42.2 Å². The van der Waals surface area contributed by atoms with Gasteiger partial charge < -0.3 is 31.5 Å². The second kappa shape index (κ2) is 16.8. The van der Waals surface area contributed by atoms with E-state index >= 15 is 0 Å². The lowest BCUT2D eigenvalue weighted by Crippen LogP contribution is -2.32. The maximum atomic E-state index is 12.2. The summed E-state index contributed by atoms with van der Waals surface area (Å²) < 4.78 is 37.3. The van der Waals surface area contributed by atoms with E-state index < -0.39 is 18.2 Å². The number of nitrogens with two attached hydrogens (primary N) is 1. The van der Waals surface area contributed by atoms with E-state index in [1.165, 1.54) is 22.3 Å². The molecule has 0 atom stereocenters. The van der Waals surface area contributed by atoms with Gasteiger partial charge in [-0.2, -0.15) is 13.2 Å². The monoisotopic (exact) mass is 628 g/mol. The maximum absolute atomic E-state index is 12.2. The summed E-state index contributed by atoms with van der Waals surface area (Å²) in [6.07, 6.45) is -3.02. The lowest BCUT2D eigenvalue weighted by atomic mass is 9.98. The second-order valence-corrected chi connectivity index (χ2v) is 10.1. The third-order valence-electron chi connectivity index (χ3n) is 6.86. The molecule has 3 aromatic carbocycles. The molecule has 3 amide bonds. The van der Waals surface area contributed by atoms with Crippen LogP contribution in [0.2, 0.25) is 0 Å². The van der Waals surface area contributed by atoms with Crippen LogP contribution in [0.15, 0.2) is 72.8 Å². The van der Waals surface area contributed by atoms with Crippen LogP contribution in [-0.4, -0.2) is 54.9 Å². The van der Waals surface area contributed by atoms with E-state index in [4.69, 9.17) is 20.4 Å². The SMILES string of the molecule is NCc1ccc(NC(=O)CNC(=O)CCCCCNC(=O)OCC2c3ccccc3-c3ccccc32)cc1.O=C(O)C(F)(F)F. The Bertz CT molecular complexity index is 1420. The molecule has 6 N–H and O–H groups in total. The minimum absolute atomic E-state index is 0.0328. The van der Waals surface area contributed by atoms with Crippen molar-refractivity contribution in [1.82, 2.24) is 10.6 Å². The summed E-state index contributed by atoms with van der Waals surface area (Å²) in [5.41, 5.74) is 11.9. The maximum Gasteiger partial charge on any atom is 0.490 e. The Morgan fingerprint density at radius 2 is 1.38 bits per heavy atom. The zero-order chi connectivity index (χ0) is 32.8. The number of hydrogen-bond donors (Lipinski definition) is 5. The topological polar surface area (TPSA) is 160 Å². The number of amides is 3. The molecule has 0 heterocycles. The fourth-order valence-corrected chi connectivity index (χ4v) is 4.62. The number of benzene rings is 3. The second-order valence-electron chi connectivity index (χ2n) is 10.1. The number of carboxylic acid groups (broad SMARTS) is 1. The fourth-order valence-electron chi connectivity index (χ4n) is 4.62. The van der Waals surface area contributed by atoms with Crippen molar-refractivity contribution >= 4 is 29.6 Å². The summed E-state index contributed by atoms with van der Waals surface area (Å²) in [7, 11) is 0. The number of hydrogen-bond acceptors (Lipinski definition) is 6. The average molecular weight is 629 g/mol. The van der Waals surface area contributed by atoms with Crippen LogP contribution in [-0.2, 0) is 25.7 Å². The van der Waals surface area contributed by atoms with E-state index in [0.717, 1.165) is 18.4 Å². The van der Waals surface area contributed by atoms with Gasteiger partial charge in [0.1, 0.15) is 6.61 Å². The van der Waals surface area contributed by atoms with Crippen molar-refractivity contribution in [2.75, 3.05) is 25.0 Å². The summed E-state index contributed by atoms with van der Waals surface area (Å²) in [5, 5.41) is 15.3. The van der Waals surface area contributed by atoms with E-state index in [2.05, 4.69) is 40.2 Å². The Morgan fingerprint density at radius 3 is 1.93 bits per heavy atom. The molecule has 1 aliphatic carbocycles. The number of rotatable bonds is 12. The number of fused-ring (bicyclic) bond motifs is 3. The van der Waals surface area contributed by atoms with Crippen LogP contribution in [0.1, 0.15) is 48.3 Å². The van der Waals surface area contributed by atoms with Gasteiger partial charge in [-0.05, 0) is 52.8 Å². The first-order valence-corrected chi connectivity index (χ1v) is 14.2. The van der Waals surface area contributed by atoms with E-state index in [1.54, 1.807) is 12.1 Å². The van der Waals surface area contributed by atoms with Gasteiger partial charge >= 0.3 is 18.2 Å². The van der Waals surface area contributed by atoms with E-state index in [0.29, 0.717) is 31.6 Å². The molecule has 0 spiro atoms. The first kappa shape index (κ1) is 34.6. The Morgan fingerprint density at radius 1 is 0.800 bits per heavy atom. The summed E-state index contributed by atoms with van der Waals surface area (Å²) in [4.78, 5) is 45.2. The molecule has 13 heteroatoms. The largest absolute Gasteiger partial charge is 0.490 e. The van der Waals surface area contributed by atoms with Gasteiger partial charge in [0.25, 0.3) is 0 Å². The highest BCUT2D eigenvalue weighted by Crippen LogP contribution is 2.44.